The number of hydrogen-bond donors (Lipinski definition) is 0. The number of methoxy groups -OCH3 is 2. The molecule has 14 heavy (non-hydrogen) atoms. The van der Waals surface area contributed by atoms with Crippen LogP contribution in [-0.2, 0) is 30.2 Å². The topological polar surface area (TPSA) is 75.7 Å². The minimum absolute atomic E-state index is 0.115. The quantitative estimate of drug-likeness (QED) is 0.462. The van der Waals surface area contributed by atoms with Crippen LogP contribution in [0.1, 0.15) is 12.8 Å². The summed E-state index contributed by atoms with van der Waals surface area (Å²) in [7, 11) is 2.55. The molecule has 0 aliphatic carbocycles. The number of carbonyl (C=O) groups is 2. The van der Waals surface area contributed by atoms with Crippen LogP contribution in [0.2, 0.25) is 0 Å². The average Bonchev–Trinajstić information content (AvgIpc) is 2.22. The van der Waals surface area contributed by atoms with E-state index in [0.29, 0.717) is 0 Å². The molecule has 0 radical (unpaired) electrons. The van der Waals surface area contributed by atoms with Crippen LogP contribution in [0.15, 0.2) is 0 Å². The van der Waals surface area contributed by atoms with Gasteiger partial charge in [-0.15, -0.1) is 0 Å². The molecule has 0 saturated heterocycles. The Balaban J connectivity index is 3.50. The van der Waals surface area contributed by atoms with E-state index in [9.17, 15) is 14.1 Å². The number of ether oxygens (including phenoxy) is 2. The Morgan fingerprint density at radius 3 is 1.71 bits per heavy atom. The molecule has 0 rings (SSSR count). The molecular weight excluding hydrogens is 208 g/mol. The van der Waals surface area contributed by atoms with Crippen molar-refractivity contribution < 1.29 is 23.6 Å². The second-order valence-electron chi connectivity index (χ2n) is 2.50. The third-order valence-corrected chi connectivity index (χ3v) is 2.84. The highest BCUT2D eigenvalue weighted by atomic mass is 32.2. The first-order chi connectivity index (χ1) is 6.60. The van der Waals surface area contributed by atoms with Crippen LogP contribution in [0.4, 0.5) is 0 Å². The van der Waals surface area contributed by atoms with E-state index in [-0.39, 0.29) is 24.3 Å². The zero-order chi connectivity index (χ0) is 11.0. The van der Waals surface area contributed by atoms with Gasteiger partial charge in [0, 0.05) is 0 Å². The van der Waals surface area contributed by atoms with Gasteiger partial charge >= 0.3 is 11.9 Å². The smallest absolute Gasteiger partial charge is 0.310 e. The van der Waals surface area contributed by atoms with Crippen LogP contribution in [0.3, 0.4) is 0 Å². The van der Waals surface area contributed by atoms with Gasteiger partial charge in [0.1, 0.15) is 11.5 Å². The van der Waals surface area contributed by atoms with Crippen molar-refractivity contribution in [3.63, 3.8) is 0 Å². The Morgan fingerprint density at radius 1 is 1.07 bits per heavy atom. The van der Waals surface area contributed by atoms with Gasteiger partial charge in [-0.3, -0.25) is 9.59 Å². The number of carbonyl (C=O) groups excluding carboxylic acids is 2. The molecule has 0 heterocycles. The Hall–Kier alpha value is -0.750. The van der Waals surface area contributed by atoms with Crippen molar-refractivity contribution in [2.24, 2.45) is 0 Å². The number of rotatable bonds is 6. The van der Waals surface area contributed by atoms with Crippen LogP contribution in [0.5, 0.6) is 0 Å². The molecular formula is C8H14O5S. The van der Waals surface area contributed by atoms with Crippen molar-refractivity contribution in [3.05, 3.63) is 0 Å². The monoisotopic (exact) mass is 222 g/mol. The molecule has 0 atom stereocenters. The summed E-state index contributed by atoms with van der Waals surface area (Å²) in [6.07, 6.45) is 0.231. The summed E-state index contributed by atoms with van der Waals surface area (Å²) in [6, 6.07) is 0. The molecule has 0 N–H and O–H groups in total. The fraction of sp³-hybridized carbons (Fsp3) is 0.750. The first kappa shape index (κ1) is 13.2. The molecule has 82 valence electrons. The van der Waals surface area contributed by atoms with Crippen LogP contribution in [0, 0.1) is 0 Å². The normalized spacial score (nSPS) is 10.0. The maximum atomic E-state index is 11.2. The first-order valence-electron chi connectivity index (χ1n) is 4.08. The lowest BCUT2D eigenvalue weighted by Crippen LogP contribution is -2.17. The molecule has 0 aromatic carbocycles. The van der Waals surface area contributed by atoms with Crippen molar-refractivity contribution in [3.8, 4) is 0 Å². The van der Waals surface area contributed by atoms with Crippen LogP contribution in [-0.4, -0.2) is 42.2 Å². The van der Waals surface area contributed by atoms with E-state index in [1.54, 1.807) is 0 Å². The molecule has 0 amide bonds. The molecule has 0 aromatic heterocycles. The summed E-state index contributed by atoms with van der Waals surface area (Å²) in [4.78, 5) is 21.3. The van der Waals surface area contributed by atoms with Gasteiger partial charge in [0.25, 0.3) is 0 Å². The van der Waals surface area contributed by atoms with Gasteiger partial charge in [-0.25, -0.2) is 0 Å². The minimum atomic E-state index is -1.17. The van der Waals surface area contributed by atoms with Gasteiger partial charge in [-0.1, -0.05) is 11.2 Å². The maximum absolute atomic E-state index is 11.2. The van der Waals surface area contributed by atoms with Crippen LogP contribution in [0.25, 0.3) is 0 Å². The van der Waals surface area contributed by atoms with Gasteiger partial charge < -0.3 is 14.0 Å². The van der Waals surface area contributed by atoms with Gasteiger partial charge in [0.2, 0.25) is 0 Å². The SMILES string of the molecule is COC(=O)CC[S+]([O-])CCC(=O)OC. The van der Waals surface area contributed by atoms with Crippen molar-refractivity contribution >= 4 is 23.1 Å². The fourth-order valence-corrected chi connectivity index (χ4v) is 1.69. The predicted octanol–water partition coefficient (Wildman–Crippen LogP) is -0.139. The number of hydrogen-bond acceptors (Lipinski definition) is 5. The van der Waals surface area contributed by atoms with Crippen molar-refractivity contribution in [1.82, 2.24) is 0 Å². The molecule has 6 heteroatoms. The molecule has 0 aliphatic heterocycles. The first-order valence-corrected chi connectivity index (χ1v) is 5.57. The highest BCUT2D eigenvalue weighted by Gasteiger charge is 2.12. The Kier molecular flexibility index (Phi) is 7.23. The molecule has 0 aliphatic rings. The molecule has 0 fully saturated rings. The van der Waals surface area contributed by atoms with Gasteiger partial charge in [0.15, 0.2) is 0 Å². The van der Waals surface area contributed by atoms with E-state index in [1.165, 1.54) is 14.2 Å². The lowest BCUT2D eigenvalue weighted by atomic mass is 10.5. The summed E-state index contributed by atoms with van der Waals surface area (Å²) >= 11 is -1.17. The van der Waals surface area contributed by atoms with Crippen LogP contribution < -0.4 is 0 Å². The second kappa shape index (κ2) is 7.64. The summed E-state index contributed by atoms with van der Waals surface area (Å²) in [5, 5.41) is 0. The van der Waals surface area contributed by atoms with E-state index in [1.807, 2.05) is 0 Å². The molecule has 0 spiro atoms. The Bertz CT molecular complexity index is 174. The minimum Gasteiger partial charge on any atom is -0.616 e. The van der Waals surface area contributed by atoms with Crippen LogP contribution >= 0.6 is 0 Å². The standard InChI is InChI=1S/C8H14O5S/c1-12-7(9)3-5-14(11)6-4-8(10)13-2/h3-6H2,1-2H3. The highest BCUT2D eigenvalue weighted by Crippen LogP contribution is 1.99. The van der Waals surface area contributed by atoms with E-state index >= 15 is 0 Å². The van der Waals surface area contributed by atoms with E-state index in [4.69, 9.17) is 0 Å². The lowest BCUT2D eigenvalue weighted by Gasteiger charge is -2.09. The molecule has 0 aromatic rings. The highest BCUT2D eigenvalue weighted by molar-refractivity contribution is 7.91. The summed E-state index contributed by atoms with van der Waals surface area (Å²) in [5.74, 6) is -0.333. The molecule has 0 unspecified atom stereocenters. The van der Waals surface area contributed by atoms with Crippen molar-refractivity contribution in [2.45, 2.75) is 12.8 Å². The molecule has 5 nitrogen and oxygen atoms in total. The molecule has 0 saturated carbocycles. The fourth-order valence-electron chi connectivity index (χ4n) is 0.701. The Labute approximate surface area is 85.9 Å². The lowest BCUT2D eigenvalue weighted by molar-refractivity contribution is -0.140. The van der Waals surface area contributed by atoms with Crippen molar-refractivity contribution in [1.29, 1.82) is 0 Å². The summed E-state index contributed by atoms with van der Waals surface area (Å²) in [5.41, 5.74) is 0. The number of esters is 2. The van der Waals surface area contributed by atoms with E-state index in [2.05, 4.69) is 9.47 Å². The average molecular weight is 222 g/mol. The molecule has 0 bridgehead atoms. The Morgan fingerprint density at radius 2 is 1.43 bits per heavy atom. The summed E-state index contributed by atoms with van der Waals surface area (Å²) < 4.78 is 19.9. The van der Waals surface area contributed by atoms with E-state index < -0.39 is 23.1 Å². The zero-order valence-corrected chi connectivity index (χ0v) is 9.09. The van der Waals surface area contributed by atoms with Gasteiger partial charge in [-0.2, -0.15) is 0 Å². The third-order valence-electron chi connectivity index (χ3n) is 1.52. The third kappa shape index (κ3) is 6.73. The van der Waals surface area contributed by atoms with Crippen molar-refractivity contribution in [2.75, 3.05) is 25.7 Å². The van der Waals surface area contributed by atoms with Gasteiger partial charge in [-0.05, 0) is 0 Å². The maximum Gasteiger partial charge on any atom is 0.310 e. The second-order valence-corrected chi connectivity index (χ2v) is 4.20. The largest absolute Gasteiger partial charge is 0.616 e. The summed E-state index contributed by atoms with van der Waals surface area (Å²) in [6.45, 7) is 0. The zero-order valence-electron chi connectivity index (χ0n) is 8.28. The van der Waals surface area contributed by atoms with Gasteiger partial charge in [0.05, 0.1) is 27.1 Å². The van der Waals surface area contributed by atoms with E-state index in [0.717, 1.165) is 0 Å². The predicted molar refractivity (Wildman–Crippen MR) is 51.1 cm³/mol.